The lowest BCUT2D eigenvalue weighted by Crippen LogP contribution is -2.11. The summed E-state index contributed by atoms with van der Waals surface area (Å²) in [5.74, 6) is 2.90. The van der Waals surface area contributed by atoms with Gasteiger partial charge in [0.2, 0.25) is 0 Å². The fraction of sp³-hybridized carbons (Fsp3) is 0.917. The zero-order valence-corrected chi connectivity index (χ0v) is 17.0. The van der Waals surface area contributed by atoms with Gasteiger partial charge in [-0.15, -0.1) is 0 Å². The first-order chi connectivity index (χ1) is 11.7. The Labute approximate surface area is 152 Å². The minimum Gasteiger partial charge on any atom is -0.0707 e. The second-order valence-corrected chi connectivity index (χ2v) is 9.05. The molecular formula is C24H44. The van der Waals surface area contributed by atoms with Crippen LogP contribution in [0.15, 0.2) is 11.1 Å². The maximum absolute atomic E-state index is 2.49. The van der Waals surface area contributed by atoms with Crippen LogP contribution in [0.2, 0.25) is 0 Å². The largest absolute Gasteiger partial charge is 0.0707 e. The molecule has 24 heavy (non-hydrogen) atoms. The lowest BCUT2D eigenvalue weighted by atomic mass is 9.83. The molecule has 2 aliphatic carbocycles. The third-order valence-corrected chi connectivity index (χ3v) is 6.98. The fourth-order valence-electron chi connectivity index (χ4n) is 5.38. The first kappa shape index (κ1) is 20.1. The van der Waals surface area contributed by atoms with E-state index >= 15 is 0 Å². The molecule has 0 aromatic heterocycles. The van der Waals surface area contributed by atoms with Crippen LogP contribution in [0, 0.1) is 17.8 Å². The Morgan fingerprint density at radius 2 is 1.29 bits per heavy atom. The van der Waals surface area contributed by atoms with Gasteiger partial charge in [-0.05, 0) is 50.4 Å². The molecule has 0 amide bonds. The second-order valence-electron chi connectivity index (χ2n) is 9.05. The molecule has 0 aromatic rings. The van der Waals surface area contributed by atoms with Crippen LogP contribution >= 0.6 is 0 Å². The van der Waals surface area contributed by atoms with Gasteiger partial charge >= 0.3 is 0 Å². The summed E-state index contributed by atoms with van der Waals surface area (Å²) < 4.78 is 0. The Kier molecular flexibility index (Phi) is 9.51. The van der Waals surface area contributed by atoms with Crippen molar-refractivity contribution in [1.82, 2.24) is 0 Å². The van der Waals surface area contributed by atoms with Gasteiger partial charge in [-0.1, -0.05) is 102 Å². The van der Waals surface area contributed by atoms with Crippen molar-refractivity contribution in [3.05, 3.63) is 11.1 Å². The Hall–Kier alpha value is -0.260. The van der Waals surface area contributed by atoms with E-state index in [0.29, 0.717) is 0 Å². The molecule has 0 nitrogen and oxygen atoms in total. The van der Waals surface area contributed by atoms with Crippen LogP contribution in [0.3, 0.4) is 0 Å². The number of allylic oxidation sites excluding steroid dienone is 2. The van der Waals surface area contributed by atoms with Crippen molar-refractivity contribution in [2.75, 3.05) is 0 Å². The lowest BCUT2D eigenvalue weighted by Gasteiger charge is -2.22. The molecule has 0 heteroatoms. The van der Waals surface area contributed by atoms with Crippen LogP contribution < -0.4 is 0 Å². The zero-order chi connectivity index (χ0) is 17.2. The summed E-state index contributed by atoms with van der Waals surface area (Å²) in [5, 5.41) is 0. The number of rotatable bonds is 2. The van der Waals surface area contributed by atoms with Crippen LogP contribution in [0.25, 0.3) is 0 Å². The smallest absolute Gasteiger partial charge is 0.0172 e. The number of fused-ring (bicyclic) bond motifs is 1. The van der Waals surface area contributed by atoms with Crippen molar-refractivity contribution < 1.29 is 0 Å². The highest BCUT2D eigenvalue weighted by Crippen LogP contribution is 2.44. The van der Waals surface area contributed by atoms with Crippen molar-refractivity contribution in [1.29, 1.82) is 0 Å². The van der Waals surface area contributed by atoms with E-state index in [0.717, 1.165) is 17.8 Å². The quantitative estimate of drug-likeness (QED) is 0.445. The summed E-state index contributed by atoms with van der Waals surface area (Å²) in [5.41, 5.74) is 3.66. The Morgan fingerprint density at radius 1 is 0.750 bits per heavy atom. The van der Waals surface area contributed by atoms with Crippen molar-refractivity contribution in [3.63, 3.8) is 0 Å². The SMILES string of the molecule is CCCC1=C(C)C2CCCCC(C)CCCCCCCCCC2C1. The standard InChI is InChI=1S/C24H44/c1-4-14-22-19-23-17-11-9-7-5-6-8-10-15-20(2)16-12-13-18-24(23)21(22)3/h20,23-24H,4-19H2,1-3H3. The monoisotopic (exact) mass is 332 g/mol. The molecule has 0 spiro atoms. The van der Waals surface area contributed by atoms with Crippen molar-refractivity contribution in [2.45, 2.75) is 124 Å². The molecule has 2 rings (SSSR count). The first-order valence-electron chi connectivity index (χ1n) is 11.4. The van der Waals surface area contributed by atoms with E-state index in [1.54, 1.807) is 0 Å². The molecule has 2 aliphatic rings. The minimum absolute atomic E-state index is 0.940. The fourth-order valence-corrected chi connectivity index (χ4v) is 5.38. The van der Waals surface area contributed by atoms with E-state index in [1.165, 1.54) is 103 Å². The van der Waals surface area contributed by atoms with Crippen LogP contribution in [0.4, 0.5) is 0 Å². The van der Waals surface area contributed by atoms with Crippen LogP contribution in [0.1, 0.15) is 124 Å². The Balaban J connectivity index is 1.90. The van der Waals surface area contributed by atoms with Crippen LogP contribution in [-0.2, 0) is 0 Å². The maximum atomic E-state index is 2.49. The summed E-state index contributed by atoms with van der Waals surface area (Å²) in [7, 11) is 0. The molecule has 1 saturated carbocycles. The summed E-state index contributed by atoms with van der Waals surface area (Å²) in [6.07, 6.45) is 23.4. The zero-order valence-electron chi connectivity index (χ0n) is 17.0. The second kappa shape index (κ2) is 11.4. The molecule has 0 aromatic carbocycles. The van der Waals surface area contributed by atoms with Gasteiger partial charge in [0, 0.05) is 0 Å². The molecule has 140 valence electrons. The number of hydrogen-bond acceptors (Lipinski definition) is 0. The van der Waals surface area contributed by atoms with Gasteiger partial charge in [-0.3, -0.25) is 0 Å². The average molecular weight is 333 g/mol. The van der Waals surface area contributed by atoms with E-state index < -0.39 is 0 Å². The summed E-state index contributed by atoms with van der Waals surface area (Å²) in [4.78, 5) is 0. The van der Waals surface area contributed by atoms with Gasteiger partial charge in [-0.25, -0.2) is 0 Å². The highest BCUT2D eigenvalue weighted by Gasteiger charge is 2.30. The lowest BCUT2D eigenvalue weighted by molar-refractivity contribution is 0.331. The van der Waals surface area contributed by atoms with Gasteiger partial charge in [-0.2, -0.15) is 0 Å². The molecule has 0 aliphatic heterocycles. The van der Waals surface area contributed by atoms with E-state index in [2.05, 4.69) is 20.8 Å². The van der Waals surface area contributed by atoms with E-state index in [9.17, 15) is 0 Å². The predicted octanol–water partition coefficient (Wildman–Crippen LogP) is 8.46. The minimum atomic E-state index is 0.940. The highest BCUT2D eigenvalue weighted by atomic mass is 14.4. The molecule has 3 atom stereocenters. The molecule has 0 radical (unpaired) electrons. The van der Waals surface area contributed by atoms with Gasteiger partial charge in [0.05, 0.1) is 0 Å². The Bertz CT molecular complexity index is 364. The normalized spacial score (nSPS) is 31.9. The highest BCUT2D eigenvalue weighted by molar-refractivity contribution is 5.23. The van der Waals surface area contributed by atoms with Crippen molar-refractivity contribution >= 4 is 0 Å². The third kappa shape index (κ3) is 6.57. The van der Waals surface area contributed by atoms with Crippen LogP contribution in [-0.4, -0.2) is 0 Å². The van der Waals surface area contributed by atoms with E-state index in [4.69, 9.17) is 0 Å². The third-order valence-electron chi connectivity index (χ3n) is 6.98. The van der Waals surface area contributed by atoms with E-state index in [1.807, 2.05) is 11.1 Å². The van der Waals surface area contributed by atoms with Gasteiger partial charge in [0.15, 0.2) is 0 Å². The molecule has 0 heterocycles. The molecule has 0 bridgehead atoms. The topological polar surface area (TPSA) is 0 Å². The average Bonchev–Trinajstić information content (AvgIpc) is 2.85. The summed E-state index contributed by atoms with van der Waals surface area (Å²) in [6.45, 7) is 7.33. The van der Waals surface area contributed by atoms with Crippen LogP contribution in [0.5, 0.6) is 0 Å². The maximum Gasteiger partial charge on any atom is -0.0172 e. The molecular weight excluding hydrogens is 288 g/mol. The van der Waals surface area contributed by atoms with E-state index in [-0.39, 0.29) is 0 Å². The first-order valence-corrected chi connectivity index (χ1v) is 11.4. The Morgan fingerprint density at radius 3 is 1.96 bits per heavy atom. The number of hydrogen-bond donors (Lipinski definition) is 0. The molecule has 1 fully saturated rings. The molecule has 0 saturated heterocycles. The van der Waals surface area contributed by atoms with Crippen molar-refractivity contribution in [3.8, 4) is 0 Å². The van der Waals surface area contributed by atoms with Gasteiger partial charge in [0.25, 0.3) is 0 Å². The van der Waals surface area contributed by atoms with Crippen molar-refractivity contribution in [2.24, 2.45) is 17.8 Å². The predicted molar refractivity (Wildman–Crippen MR) is 108 cm³/mol. The van der Waals surface area contributed by atoms with Gasteiger partial charge in [0.1, 0.15) is 0 Å². The summed E-state index contributed by atoms with van der Waals surface area (Å²) in [6, 6.07) is 0. The summed E-state index contributed by atoms with van der Waals surface area (Å²) >= 11 is 0. The molecule has 3 unspecified atom stereocenters. The van der Waals surface area contributed by atoms with Gasteiger partial charge < -0.3 is 0 Å². The molecule has 0 N–H and O–H groups in total.